The van der Waals surface area contributed by atoms with Gasteiger partial charge in [-0.3, -0.25) is 9.78 Å². The Hall–Kier alpha value is -2.90. The number of carbonyl (C=O) groups excluding carboxylic acids is 1. The van der Waals surface area contributed by atoms with Gasteiger partial charge in [-0.2, -0.15) is 0 Å². The summed E-state index contributed by atoms with van der Waals surface area (Å²) >= 11 is 0. The lowest BCUT2D eigenvalue weighted by Gasteiger charge is -2.21. The van der Waals surface area contributed by atoms with Crippen molar-refractivity contribution in [3.8, 4) is 0 Å². The van der Waals surface area contributed by atoms with Gasteiger partial charge >= 0.3 is 0 Å². The highest BCUT2D eigenvalue weighted by Gasteiger charge is 2.17. The van der Waals surface area contributed by atoms with Gasteiger partial charge in [0.05, 0.1) is 11.9 Å². The zero-order valence-corrected chi connectivity index (χ0v) is 15.9. The molecule has 1 aromatic heterocycles. The Labute approximate surface area is 163 Å². The zero-order valence-electron chi connectivity index (χ0n) is 15.9. The maximum Gasteiger partial charge on any atom is 0.294 e. The van der Waals surface area contributed by atoms with Crippen molar-refractivity contribution in [2.24, 2.45) is 0 Å². The van der Waals surface area contributed by atoms with Crippen molar-refractivity contribution in [3.63, 3.8) is 0 Å². The van der Waals surface area contributed by atoms with Gasteiger partial charge in [0, 0.05) is 29.9 Å². The molecule has 1 aliphatic rings. The Morgan fingerprint density at radius 1 is 1.18 bits per heavy atom. The van der Waals surface area contributed by atoms with Gasteiger partial charge < -0.3 is 15.5 Å². The molecule has 2 N–H and O–H groups in total. The average molecular weight is 386 g/mol. The number of anilines is 1. The Kier molecular flexibility index (Phi) is 7.00. The molecule has 0 atom stereocenters. The predicted octanol–water partition coefficient (Wildman–Crippen LogP) is 3.02. The molecule has 150 valence electrons. The summed E-state index contributed by atoms with van der Waals surface area (Å²) in [5.74, 6) is -0.232. The topological polar surface area (TPSA) is 106 Å². The number of nitrogens with zero attached hydrogens (tertiary/aromatic N) is 2. The van der Waals surface area contributed by atoms with E-state index >= 15 is 0 Å². The molecule has 3 rings (SSSR count). The van der Waals surface area contributed by atoms with E-state index in [2.05, 4.69) is 27.6 Å². The number of unbranched alkanes of at least 4 members (excludes halogenated alkanes) is 1. The number of hydrogen-bond donors (Lipinski definition) is 2. The summed E-state index contributed by atoms with van der Waals surface area (Å²) in [6.07, 6.45) is 6.25. The van der Waals surface area contributed by atoms with Gasteiger partial charge in [-0.25, -0.2) is 0 Å². The first-order chi connectivity index (χ1) is 13.6. The molecule has 0 saturated heterocycles. The van der Waals surface area contributed by atoms with E-state index in [-0.39, 0.29) is 18.9 Å². The van der Waals surface area contributed by atoms with Crippen LogP contribution in [0.25, 0.3) is 10.9 Å². The smallest absolute Gasteiger partial charge is 0.294 e. The number of para-hydroxylation sites is 1. The Morgan fingerprint density at radius 3 is 2.82 bits per heavy atom. The molecule has 1 heterocycles. The third-order valence-electron chi connectivity index (χ3n) is 4.92. The van der Waals surface area contributed by atoms with E-state index < -0.39 is 5.09 Å². The number of hydrogen-bond acceptors (Lipinski definition) is 6. The minimum absolute atomic E-state index is 0.00558. The van der Waals surface area contributed by atoms with Gasteiger partial charge in [-0.05, 0) is 50.2 Å². The summed E-state index contributed by atoms with van der Waals surface area (Å²) in [6.45, 7) is 1.16. The van der Waals surface area contributed by atoms with Crippen LogP contribution in [-0.2, 0) is 22.5 Å². The molecular formula is C20H26N4O4. The second kappa shape index (κ2) is 9.87. The van der Waals surface area contributed by atoms with Crippen LogP contribution in [0.1, 0.15) is 43.4 Å². The predicted molar refractivity (Wildman–Crippen MR) is 107 cm³/mol. The molecule has 0 fully saturated rings. The largest absolute Gasteiger partial charge is 0.384 e. The molecule has 0 spiro atoms. The van der Waals surface area contributed by atoms with Crippen molar-refractivity contribution >= 4 is 22.5 Å². The highest BCUT2D eigenvalue weighted by Crippen LogP contribution is 2.33. The molecule has 1 amide bonds. The number of carbonyl (C=O) groups is 1. The van der Waals surface area contributed by atoms with E-state index in [1.807, 2.05) is 12.1 Å². The summed E-state index contributed by atoms with van der Waals surface area (Å²) < 4.78 is 0. The zero-order chi connectivity index (χ0) is 19.8. The Morgan fingerprint density at radius 2 is 1.96 bits per heavy atom. The lowest BCUT2D eigenvalue weighted by Crippen LogP contribution is -2.26. The number of amides is 1. The molecule has 8 nitrogen and oxygen atoms in total. The number of aromatic nitrogens is 1. The second-order valence-electron chi connectivity index (χ2n) is 6.93. The summed E-state index contributed by atoms with van der Waals surface area (Å²) in [6, 6.07) is 8.25. The quantitative estimate of drug-likeness (QED) is 0.369. The van der Waals surface area contributed by atoms with E-state index in [4.69, 9.17) is 4.98 Å². The van der Waals surface area contributed by atoms with Gasteiger partial charge in [-0.1, -0.05) is 18.2 Å². The van der Waals surface area contributed by atoms with Gasteiger partial charge in [0.1, 0.15) is 6.61 Å². The van der Waals surface area contributed by atoms with Crippen LogP contribution in [0.2, 0.25) is 0 Å². The number of pyridine rings is 1. The van der Waals surface area contributed by atoms with Crippen LogP contribution in [0, 0.1) is 10.1 Å². The minimum Gasteiger partial charge on any atom is -0.384 e. The third kappa shape index (κ3) is 5.31. The molecule has 1 aliphatic carbocycles. The van der Waals surface area contributed by atoms with Gasteiger partial charge in [0.25, 0.3) is 5.09 Å². The summed E-state index contributed by atoms with van der Waals surface area (Å²) in [4.78, 5) is 30.6. The second-order valence-corrected chi connectivity index (χ2v) is 6.93. The molecule has 0 radical (unpaired) electrons. The molecule has 28 heavy (non-hydrogen) atoms. The Bertz CT molecular complexity index is 840. The fraction of sp³-hybridized carbons (Fsp3) is 0.500. The Balaban J connectivity index is 1.47. The molecule has 0 aliphatic heterocycles. The van der Waals surface area contributed by atoms with Crippen molar-refractivity contribution < 1.29 is 14.7 Å². The fourth-order valence-corrected chi connectivity index (χ4v) is 3.57. The van der Waals surface area contributed by atoms with E-state index in [9.17, 15) is 14.9 Å². The van der Waals surface area contributed by atoms with Crippen molar-refractivity contribution in [2.45, 2.75) is 44.9 Å². The number of fused-ring (bicyclic) bond motifs is 2. The van der Waals surface area contributed by atoms with Gasteiger partial charge in [0.2, 0.25) is 5.91 Å². The first kappa shape index (κ1) is 19.9. The van der Waals surface area contributed by atoms with Crippen LogP contribution < -0.4 is 10.6 Å². The van der Waals surface area contributed by atoms with Crippen LogP contribution in [0.4, 0.5) is 5.69 Å². The van der Waals surface area contributed by atoms with Crippen LogP contribution in [0.15, 0.2) is 24.3 Å². The highest BCUT2D eigenvalue weighted by molar-refractivity contribution is 5.93. The van der Waals surface area contributed by atoms with Crippen molar-refractivity contribution in [2.75, 3.05) is 25.0 Å². The van der Waals surface area contributed by atoms with E-state index in [1.165, 1.54) is 35.2 Å². The molecule has 0 saturated carbocycles. The van der Waals surface area contributed by atoms with Crippen molar-refractivity contribution in [1.82, 2.24) is 10.3 Å². The summed E-state index contributed by atoms with van der Waals surface area (Å²) in [7, 11) is 0. The lowest BCUT2D eigenvalue weighted by atomic mass is 9.92. The normalized spacial score (nSPS) is 13.0. The summed E-state index contributed by atoms with van der Waals surface area (Å²) in [5.41, 5.74) is 4.82. The standard InChI is InChI=1S/C20H26N4O4/c25-19(11-14-28-24(26)27)21-12-5-6-13-22-20-15-7-1-3-9-17(15)23-18-10-4-2-8-16(18)20/h1,3,7,9H,2,4-6,8,10-14H2,(H,21,25)(H,22,23). The molecule has 1 aromatic carbocycles. The maximum absolute atomic E-state index is 11.5. The number of rotatable bonds is 10. The van der Waals surface area contributed by atoms with E-state index in [0.29, 0.717) is 6.54 Å². The molecule has 0 bridgehead atoms. The van der Waals surface area contributed by atoms with Gasteiger partial charge in [-0.15, -0.1) is 10.1 Å². The molecule has 2 aromatic rings. The lowest BCUT2D eigenvalue weighted by molar-refractivity contribution is -0.757. The molecule has 8 heteroatoms. The fourth-order valence-electron chi connectivity index (χ4n) is 3.57. The number of nitrogens with one attached hydrogen (secondary N) is 2. The molecular weight excluding hydrogens is 360 g/mol. The number of benzene rings is 1. The first-order valence-electron chi connectivity index (χ1n) is 9.83. The van der Waals surface area contributed by atoms with E-state index in [0.717, 1.165) is 37.7 Å². The van der Waals surface area contributed by atoms with Gasteiger partial charge in [0.15, 0.2) is 0 Å². The monoisotopic (exact) mass is 386 g/mol. The van der Waals surface area contributed by atoms with Crippen LogP contribution in [0.3, 0.4) is 0 Å². The van der Waals surface area contributed by atoms with Crippen molar-refractivity contribution in [1.29, 1.82) is 0 Å². The summed E-state index contributed by atoms with van der Waals surface area (Å²) in [5, 5.41) is 16.7. The number of aryl methyl sites for hydroxylation is 1. The van der Waals surface area contributed by atoms with Crippen LogP contribution in [-0.4, -0.2) is 35.7 Å². The van der Waals surface area contributed by atoms with Crippen LogP contribution >= 0.6 is 0 Å². The third-order valence-corrected chi connectivity index (χ3v) is 4.92. The van der Waals surface area contributed by atoms with Crippen LogP contribution in [0.5, 0.6) is 0 Å². The maximum atomic E-state index is 11.5. The first-order valence-corrected chi connectivity index (χ1v) is 9.83. The highest BCUT2D eigenvalue weighted by atomic mass is 16.9. The van der Waals surface area contributed by atoms with E-state index in [1.54, 1.807) is 0 Å². The minimum atomic E-state index is -0.888. The van der Waals surface area contributed by atoms with Crippen molar-refractivity contribution in [3.05, 3.63) is 45.6 Å². The molecule has 0 unspecified atom stereocenters. The SMILES string of the molecule is O=C(CCO[N+](=O)[O-])NCCCCNc1c2c(nc3ccccc13)CCCC2. The average Bonchev–Trinajstić information content (AvgIpc) is 2.69.